The molecule has 0 spiro atoms. The third-order valence-corrected chi connectivity index (χ3v) is 4.41. The van der Waals surface area contributed by atoms with E-state index < -0.39 is 11.5 Å². The second kappa shape index (κ2) is 6.06. The van der Waals surface area contributed by atoms with Gasteiger partial charge in [0.15, 0.2) is 0 Å². The third-order valence-electron chi connectivity index (χ3n) is 4.16. The molecule has 1 aromatic rings. The lowest BCUT2D eigenvalue weighted by Crippen LogP contribution is -2.60. The van der Waals surface area contributed by atoms with Crippen LogP contribution in [0.3, 0.4) is 0 Å². The Bertz CT molecular complexity index is 535. The number of halogens is 1. The van der Waals surface area contributed by atoms with Crippen molar-refractivity contribution in [3.8, 4) is 0 Å². The van der Waals surface area contributed by atoms with Crippen LogP contribution in [0, 0.1) is 5.92 Å². The summed E-state index contributed by atoms with van der Waals surface area (Å²) >= 11 is 5.88. The van der Waals surface area contributed by atoms with E-state index in [1.165, 1.54) is 0 Å². The van der Waals surface area contributed by atoms with Gasteiger partial charge >= 0.3 is 5.97 Å². The van der Waals surface area contributed by atoms with Gasteiger partial charge in [-0.05, 0) is 42.9 Å². The molecule has 0 bridgehead atoms. The molecule has 1 aliphatic rings. The molecular weight excluding hydrogens is 290 g/mol. The van der Waals surface area contributed by atoms with Gasteiger partial charge in [-0.15, -0.1) is 0 Å². The fourth-order valence-electron chi connectivity index (χ4n) is 2.75. The summed E-state index contributed by atoms with van der Waals surface area (Å²) in [6.07, 6.45) is 1.83. The number of carboxylic acid groups (broad SMARTS) is 1. The number of hydrogen-bond acceptors (Lipinski definition) is 2. The number of carboxylic acids is 1. The molecule has 0 heterocycles. The first-order valence-electron chi connectivity index (χ1n) is 7.16. The minimum absolute atomic E-state index is 0.0668. The van der Waals surface area contributed by atoms with Crippen LogP contribution in [0.4, 0.5) is 0 Å². The molecule has 2 rings (SSSR count). The Morgan fingerprint density at radius 1 is 1.24 bits per heavy atom. The minimum atomic E-state index is -1.07. The highest BCUT2D eigenvalue weighted by atomic mass is 35.5. The van der Waals surface area contributed by atoms with Crippen molar-refractivity contribution in [1.82, 2.24) is 5.32 Å². The molecule has 1 atom stereocenters. The quantitative estimate of drug-likeness (QED) is 0.877. The Balaban J connectivity index is 2.20. The van der Waals surface area contributed by atoms with E-state index in [1.54, 1.807) is 12.1 Å². The Morgan fingerprint density at radius 3 is 2.19 bits per heavy atom. The lowest BCUT2D eigenvalue weighted by molar-refractivity contribution is -0.152. The van der Waals surface area contributed by atoms with Crippen LogP contribution >= 0.6 is 11.6 Å². The van der Waals surface area contributed by atoms with Gasteiger partial charge in [-0.25, -0.2) is 4.79 Å². The average Bonchev–Trinajstić information content (AvgIpc) is 2.35. The van der Waals surface area contributed by atoms with Gasteiger partial charge in [-0.2, -0.15) is 0 Å². The van der Waals surface area contributed by atoms with Crippen molar-refractivity contribution in [2.24, 2.45) is 5.92 Å². The number of aliphatic carboxylic acids is 1. The topological polar surface area (TPSA) is 66.4 Å². The number of carbonyl (C=O) groups is 2. The number of hydrogen-bond donors (Lipinski definition) is 2. The van der Waals surface area contributed by atoms with Gasteiger partial charge in [0, 0.05) is 5.02 Å². The summed E-state index contributed by atoms with van der Waals surface area (Å²) in [6.45, 7) is 3.90. The zero-order valence-corrected chi connectivity index (χ0v) is 13.0. The number of nitrogens with one attached hydrogen (secondary N) is 1. The molecular formula is C16H20ClNO3. The smallest absolute Gasteiger partial charge is 0.329 e. The molecule has 0 radical (unpaired) electrons. The van der Waals surface area contributed by atoms with Crippen LogP contribution in [0.2, 0.25) is 5.02 Å². The van der Waals surface area contributed by atoms with E-state index in [2.05, 4.69) is 5.32 Å². The third kappa shape index (κ3) is 3.21. The predicted molar refractivity (Wildman–Crippen MR) is 81.4 cm³/mol. The second-order valence-corrected chi connectivity index (χ2v) is 6.44. The van der Waals surface area contributed by atoms with Crippen molar-refractivity contribution in [2.45, 2.75) is 44.6 Å². The molecule has 0 aromatic heterocycles. The summed E-state index contributed by atoms with van der Waals surface area (Å²) in [6, 6.07) is 7.13. The average molecular weight is 310 g/mol. The SMILES string of the molecule is CC(C)C(C(=O)NC1(C(=O)O)CCC1)c1ccc(Cl)cc1. The lowest BCUT2D eigenvalue weighted by atomic mass is 9.75. The van der Waals surface area contributed by atoms with Gasteiger partial charge in [-0.1, -0.05) is 37.6 Å². The predicted octanol–water partition coefficient (Wildman–Crippen LogP) is 3.20. The zero-order valence-electron chi connectivity index (χ0n) is 12.2. The first-order valence-corrected chi connectivity index (χ1v) is 7.54. The van der Waals surface area contributed by atoms with Crippen molar-refractivity contribution in [2.75, 3.05) is 0 Å². The molecule has 21 heavy (non-hydrogen) atoms. The fraction of sp³-hybridized carbons (Fsp3) is 0.500. The van der Waals surface area contributed by atoms with Crippen LogP contribution in [0.25, 0.3) is 0 Å². The summed E-state index contributed by atoms with van der Waals surface area (Å²) in [4.78, 5) is 24.0. The van der Waals surface area contributed by atoms with Crippen LogP contribution in [0.5, 0.6) is 0 Å². The Hall–Kier alpha value is -1.55. The summed E-state index contributed by atoms with van der Waals surface area (Å²) in [5, 5.41) is 12.7. The van der Waals surface area contributed by atoms with E-state index in [4.69, 9.17) is 11.6 Å². The fourth-order valence-corrected chi connectivity index (χ4v) is 2.87. The van der Waals surface area contributed by atoms with E-state index in [-0.39, 0.29) is 17.7 Å². The van der Waals surface area contributed by atoms with Gasteiger partial charge < -0.3 is 10.4 Å². The maximum atomic E-state index is 12.6. The summed E-state index contributed by atoms with van der Waals surface area (Å²) in [7, 11) is 0. The highest BCUT2D eigenvalue weighted by Gasteiger charge is 2.46. The molecule has 1 fully saturated rings. The number of rotatable bonds is 5. The van der Waals surface area contributed by atoms with Gasteiger partial charge in [0.05, 0.1) is 5.92 Å². The van der Waals surface area contributed by atoms with Crippen LogP contribution in [0.1, 0.15) is 44.6 Å². The van der Waals surface area contributed by atoms with Crippen LogP contribution in [-0.2, 0) is 9.59 Å². The van der Waals surface area contributed by atoms with Gasteiger partial charge in [-0.3, -0.25) is 4.79 Å². The zero-order chi connectivity index (χ0) is 15.6. The Kier molecular flexibility index (Phi) is 4.57. The molecule has 114 valence electrons. The van der Waals surface area contributed by atoms with Crippen LogP contribution < -0.4 is 5.32 Å². The van der Waals surface area contributed by atoms with Gasteiger partial charge in [0.2, 0.25) is 5.91 Å². The molecule has 1 saturated carbocycles. The number of amides is 1. The van der Waals surface area contributed by atoms with Crippen molar-refractivity contribution < 1.29 is 14.7 Å². The minimum Gasteiger partial charge on any atom is -0.480 e. The molecule has 1 unspecified atom stereocenters. The second-order valence-electron chi connectivity index (χ2n) is 6.00. The van der Waals surface area contributed by atoms with Crippen molar-refractivity contribution in [3.05, 3.63) is 34.9 Å². The molecule has 1 amide bonds. The van der Waals surface area contributed by atoms with Crippen molar-refractivity contribution >= 4 is 23.5 Å². The van der Waals surface area contributed by atoms with E-state index in [9.17, 15) is 14.7 Å². The van der Waals surface area contributed by atoms with Gasteiger partial charge in [0.1, 0.15) is 5.54 Å². The largest absolute Gasteiger partial charge is 0.480 e. The van der Waals surface area contributed by atoms with E-state index in [0.29, 0.717) is 17.9 Å². The maximum absolute atomic E-state index is 12.6. The summed E-state index contributed by atoms with van der Waals surface area (Å²) in [5.74, 6) is -1.48. The first-order chi connectivity index (χ1) is 9.85. The molecule has 2 N–H and O–H groups in total. The molecule has 1 aliphatic carbocycles. The van der Waals surface area contributed by atoms with E-state index in [0.717, 1.165) is 12.0 Å². The number of carbonyl (C=O) groups excluding carboxylic acids is 1. The van der Waals surface area contributed by atoms with Crippen LogP contribution in [0.15, 0.2) is 24.3 Å². The van der Waals surface area contributed by atoms with Crippen molar-refractivity contribution in [1.29, 1.82) is 0 Å². The van der Waals surface area contributed by atoms with Crippen LogP contribution in [-0.4, -0.2) is 22.5 Å². The maximum Gasteiger partial charge on any atom is 0.329 e. The first kappa shape index (κ1) is 15.8. The molecule has 0 saturated heterocycles. The standard InChI is InChI=1S/C16H20ClNO3/c1-10(2)13(11-4-6-12(17)7-5-11)14(19)18-16(15(20)21)8-3-9-16/h4-7,10,13H,3,8-9H2,1-2H3,(H,18,19)(H,20,21). The highest BCUT2D eigenvalue weighted by Crippen LogP contribution is 2.34. The molecule has 1 aromatic carbocycles. The Morgan fingerprint density at radius 2 is 1.81 bits per heavy atom. The van der Waals surface area contributed by atoms with Crippen molar-refractivity contribution in [3.63, 3.8) is 0 Å². The number of benzene rings is 1. The lowest BCUT2D eigenvalue weighted by Gasteiger charge is -2.39. The molecule has 4 nitrogen and oxygen atoms in total. The molecule has 5 heteroatoms. The molecule has 0 aliphatic heterocycles. The monoisotopic (exact) mass is 309 g/mol. The Labute approximate surface area is 129 Å². The summed E-state index contributed by atoms with van der Waals surface area (Å²) in [5.41, 5.74) is -0.219. The van der Waals surface area contributed by atoms with E-state index in [1.807, 2.05) is 26.0 Å². The normalized spacial score (nSPS) is 17.9. The highest BCUT2D eigenvalue weighted by molar-refractivity contribution is 6.30. The van der Waals surface area contributed by atoms with E-state index >= 15 is 0 Å². The summed E-state index contributed by atoms with van der Waals surface area (Å²) < 4.78 is 0. The van der Waals surface area contributed by atoms with Gasteiger partial charge in [0.25, 0.3) is 0 Å².